The topological polar surface area (TPSA) is 55.1 Å². The van der Waals surface area contributed by atoms with E-state index in [1.807, 2.05) is 44.2 Å². The van der Waals surface area contributed by atoms with Gasteiger partial charge in [-0.2, -0.15) is 0 Å². The van der Waals surface area contributed by atoms with Crippen LogP contribution in [0.2, 0.25) is 5.02 Å². The highest BCUT2D eigenvalue weighted by atomic mass is 35.5. The highest BCUT2D eigenvalue weighted by Crippen LogP contribution is 2.23. The largest absolute Gasteiger partial charge is 0.441 e. The van der Waals surface area contributed by atoms with Gasteiger partial charge >= 0.3 is 0 Å². The molecule has 0 saturated heterocycles. The van der Waals surface area contributed by atoms with E-state index in [-0.39, 0.29) is 5.91 Å². The molecule has 0 unspecified atom stereocenters. The second-order valence-corrected chi connectivity index (χ2v) is 6.41. The first kappa shape index (κ1) is 17.2. The highest BCUT2D eigenvalue weighted by Gasteiger charge is 2.09. The van der Waals surface area contributed by atoms with Crippen LogP contribution in [-0.4, -0.2) is 10.9 Å². The maximum absolute atomic E-state index is 12.1. The lowest BCUT2D eigenvalue weighted by molar-refractivity contribution is -0.116. The fraction of sp³-hybridized carbons (Fsp3) is 0.200. The maximum Gasteiger partial charge on any atom is 0.224 e. The number of carbonyl (C=O) groups excluding carboxylic acids is 1. The van der Waals surface area contributed by atoms with Crippen molar-refractivity contribution >= 4 is 23.2 Å². The van der Waals surface area contributed by atoms with E-state index < -0.39 is 0 Å². The fourth-order valence-corrected chi connectivity index (χ4v) is 2.56. The molecule has 25 heavy (non-hydrogen) atoms. The minimum absolute atomic E-state index is 0.0607. The highest BCUT2D eigenvalue weighted by molar-refractivity contribution is 6.30. The number of hydrogen-bond acceptors (Lipinski definition) is 3. The van der Waals surface area contributed by atoms with Gasteiger partial charge in [0.15, 0.2) is 11.7 Å². The van der Waals surface area contributed by atoms with Crippen LogP contribution in [-0.2, 0) is 11.2 Å². The van der Waals surface area contributed by atoms with Crippen molar-refractivity contribution in [2.45, 2.75) is 26.7 Å². The van der Waals surface area contributed by atoms with Crippen molar-refractivity contribution < 1.29 is 9.21 Å². The number of benzene rings is 2. The molecular formula is C20H19ClN2O2. The zero-order chi connectivity index (χ0) is 17.8. The number of rotatable bonds is 5. The smallest absolute Gasteiger partial charge is 0.224 e. The third kappa shape index (κ3) is 4.48. The van der Waals surface area contributed by atoms with Crippen LogP contribution in [0.5, 0.6) is 0 Å². The lowest BCUT2D eigenvalue weighted by atomic mass is 10.1. The minimum atomic E-state index is -0.0607. The van der Waals surface area contributed by atoms with Crippen molar-refractivity contribution in [2.24, 2.45) is 0 Å². The summed E-state index contributed by atoms with van der Waals surface area (Å²) in [5.74, 6) is 1.15. The number of aromatic nitrogens is 1. The standard InChI is InChI=1S/C20H19ClN2O2/c1-13-3-8-17(11-14(13)2)23-19(24)9-10-20-22-12-18(25-20)15-4-6-16(21)7-5-15/h3-8,11-12H,9-10H2,1-2H3,(H,23,24). The van der Waals surface area contributed by atoms with Gasteiger partial charge in [-0.05, 0) is 61.4 Å². The monoisotopic (exact) mass is 354 g/mol. The van der Waals surface area contributed by atoms with Gasteiger partial charge in [-0.25, -0.2) is 4.98 Å². The van der Waals surface area contributed by atoms with Crippen LogP contribution in [0.4, 0.5) is 5.69 Å². The van der Waals surface area contributed by atoms with E-state index in [2.05, 4.69) is 10.3 Å². The Labute approximate surface area is 151 Å². The molecule has 5 heteroatoms. The third-order valence-corrected chi connectivity index (χ3v) is 4.29. The van der Waals surface area contributed by atoms with Crippen molar-refractivity contribution in [2.75, 3.05) is 5.32 Å². The Hall–Kier alpha value is -2.59. The summed E-state index contributed by atoms with van der Waals surface area (Å²) in [6.45, 7) is 4.07. The lowest BCUT2D eigenvalue weighted by Crippen LogP contribution is -2.12. The molecule has 2 aromatic carbocycles. The van der Waals surface area contributed by atoms with Gasteiger partial charge in [0.25, 0.3) is 0 Å². The molecular weight excluding hydrogens is 336 g/mol. The maximum atomic E-state index is 12.1. The molecule has 0 radical (unpaired) electrons. The van der Waals surface area contributed by atoms with Crippen molar-refractivity contribution in [1.29, 1.82) is 0 Å². The molecule has 0 spiro atoms. The number of nitrogens with one attached hydrogen (secondary N) is 1. The Bertz CT molecular complexity index is 885. The summed E-state index contributed by atoms with van der Waals surface area (Å²) in [4.78, 5) is 16.3. The minimum Gasteiger partial charge on any atom is -0.441 e. The van der Waals surface area contributed by atoms with Crippen LogP contribution < -0.4 is 5.32 Å². The molecule has 1 heterocycles. The van der Waals surface area contributed by atoms with Gasteiger partial charge in [0, 0.05) is 29.1 Å². The number of anilines is 1. The Morgan fingerprint density at radius 3 is 2.60 bits per heavy atom. The molecule has 128 valence electrons. The van der Waals surface area contributed by atoms with Gasteiger partial charge in [-0.3, -0.25) is 4.79 Å². The first-order valence-electron chi connectivity index (χ1n) is 8.09. The molecule has 0 aliphatic rings. The third-order valence-electron chi connectivity index (χ3n) is 4.04. The average Bonchev–Trinajstić information content (AvgIpc) is 3.06. The molecule has 0 saturated carbocycles. The number of aryl methyl sites for hydroxylation is 3. The number of halogens is 1. The molecule has 1 N–H and O–H groups in total. The number of hydrogen-bond donors (Lipinski definition) is 1. The second kappa shape index (κ2) is 7.53. The molecule has 0 aliphatic heterocycles. The van der Waals surface area contributed by atoms with Gasteiger partial charge in [-0.15, -0.1) is 0 Å². The van der Waals surface area contributed by atoms with Crippen molar-refractivity contribution in [1.82, 2.24) is 4.98 Å². The average molecular weight is 355 g/mol. The van der Waals surface area contributed by atoms with E-state index in [9.17, 15) is 4.79 Å². The first-order chi connectivity index (χ1) is 12.0. The van der Waals surface area contributed by atoms with E-state index in [0.29, 0.717) is 29.5 Å². The lowest BCUT2D eigenvalue weighted by Gasteiger charge is -2.07. The predicted octanol–water partition coefficient (Wildman–Crippen LogP) is 5.18. The van der Waals surface area contributed by atoms with Crippen LogP contribution in [0.25, 0.3) is 11.3 Å². The molecule has 3 rings (SSSR count). The molecule has 0 fully saturated rings. The molecule has 0 aliphatic carbocycles. The Morgan fingerprint density at radius 2 is 1.88 bits per heavy atom. The Morgan fingerprint density at radius 1 is 1.12 bits per heavy atom. The van der Waals surface area contributed by atoms with Gasteiger partial charge in [0.1, 0.15) is 0 Å². The molecule has 0 bridgehead atoms. The van der Waals surface area contributed by atoms with Crippen LogP contribution >= 0.6 is 11.6 Å². The molecule has 0 atom stereocenters. The second-order valence-electron chi connectivity index (χ2n) is 5.97. The molecule has 4 nitrogen and oxygen atoms in total. The quantitative estimate of drug-likeness (QED) is 0.686. The van der Waals surface area contributed by atoms with Gasteiger partial charge < -0.3 is 9.73 Å². The number of oxazole rings is 1. The molecule has 3 aromatic rings. The molecule has 1 aromatic heterocycles. The summed E-state index contributed by atoms with van der Waals surface area (Å²) in [6, 6.07) is 13.2. The van der Waals surface area contributed by atoms with Crippen molar-refractivity contribution in [3.05, 3.63) is 70.7 Å². The predicted molar refractivity (Wildman–Crippen MR) is 99.8 cm³/mol. The van der Waals surface area contributed by atoms with Gasteiger partial charge in [0.2, 0.25) is 5.91 Å². The van der Waals surface area contributed by atoms with E-state index >= 15 is 0 Å². The zero-order valence-corrected chi connectivity index (χ0v) is 14.9. The van der Waals surface area contributed by atoms with E-state index in [4.69, 9.17) is 16.0 Å². The summed E-state index contributed by atoms with van der Waals surface area (Å²) in [5, 5.41) is 3.57. The van der Waals surface area contributed by atoms with Crippen LogP contribution in [0, 0.1) is 13.8 Å². The summed E-state index contributed by atoms with van der Waals surface area (Å²) < 4.78 is 5.71. The summed E-state index contributed by atoms with van der Waals surface area (Å²) in [7, 11) is 0. The van der Waals surface area contributed by atoms with E-state index in [1.54, 1.807) is 18.3 Å². The van der Waals surface area contributed by atoms with Gasteiger partial charge in [0.05, 0.1) is 6.20 Å². The van der Waals surface area contributed by atoms with E-state index in [0.717, 1.165) is 16.8 Å². The number of carbonyl (C=O) groups is 1. The molecule has 1 amide bonds. The SMILES string of the molecule is Cc1ccc(NC(=O)CCc2ncc(-c3ccc(Cl)cc3)o2)cc1C. The first-order valence-corrected chi connectivity index (χ1v) is 8.47. The van der Waals surface area contributed by atoms with E-state index in [1.165, 1.54) is 5.56 Å². The normalized spacial score (nSPS) is 10.7. The van der Waals surface area contributed by atoms with Crippen LogP contribution in [0.15, 0.2) is 53.1 Å². The fourth-order valence-electron chi connectivity index (χ4n) is 2.44. The van der Waals surface area contributed by atoms with Crippen molar-refractivity contribution in [3.8, 4) is 11.3 Å². The Kier molecular flexibility index (Phi) is 5.19. The summed E-state index contributed by atoms with van der Waals surface area (Å²) in [5.41, 5.74) is 4.07. The number of nitrogens with zero attached hydrogens (tertiary/aromatic N) is 1. The summed E-state index contributed by atoms with van der Waals surface area (Å²) >= 11 is 5.88. The zero-order valence-electron chi connectivity index (χ0n) is 14.2. The van der Waals surface area contributed by atoms with Crippen LogP contribution in [0.1, 0.15) is 23.4 Å². The van der Waals surface area contributed by atoms with Gasteiger partial charge in [-0.1, -0.05) is 17.7 Å². The Balaban J connectivity index is 1.57. The summed E-state index contributed by atoms with van der Waals surface area (Å²) in [6.07, 6.45) is 2.43. The van der Waals surface area contributed by atoms with Crippen molar-refractivity contribution in [3.63, 3.8) is 0 Å². The number of amides is 1. The van der Waals surface area contributed by atoms with Crippen LogP contribution in [0.3, 0.4) is 0 Å².